The van der Waals surface area contributed by atoms with Crippen LogP contribution in [0.25, 0.3) is 94.7 Å². The van der Waals surface area contributed by atoms with Gasteiger partial charge >= 0.3 is 0 Å². The SMILES string of the molecule is [2H]c1c([2H])c([2H])c(-c2c([2H])c([2H])c3oc4c([2H])c(-n5c6c([2H])c([2H])c([2H])c([2H])c6c6c([2H])c(-c7nc(-c8ccccc8)nc(-c8ccccc8)n7)c([2H])c([2H])c65)c([2H])c([2H])c4c3c2[2H])c([2H])c1[2H]. The molecule has 3 aromatic heterocycles. The number of nitrogens with zero attached hydrogens (tertiary/aromatic N) is 4. The monoisotopic (exact) mass is 658 g/mol. The highest BCUT2D eigenvalue weighted by Crippen LogP contribution is 2.38. The maximum absolute atomic E-state index is 9.76. The quantitative estimate of drug-likeness (QED) is 0.185. The highest BCUT2D eigenvalue weighted by atomic mass is 16.3. The van der Waals surface area contributed by atoms with Crippen molar-refractivity contribution >= 4 is 43.7 Å². The van der Waals surface area contributed by atoms with Crippen LogP contribution < -0.4 is 0 Å². The van der Waals surface area contributed by atoms with E-state index in [1.54, 1.807) is 60.7 Å². The van der Waals surface area contributed by atoms with Crippen LogP contribution in [0.1, 0.15) is 24.7 Å². The molecule has 0 saturated heterocycles. The van der Waals surface area contributed by atoms with Crippen molar-refractivity contribution in [3.63, 3.8) is 0 Å². The topological polar surface area (TPSA) is 56.7 Å². The molecular formula is C45H28N4O. The minimum atomic E-state index is -0.819. The Morgan fingerprint density at radius 2 is 1.04 bits per heavy atom. The lowest BCUT2D eigenvalue weighted by Crippen LogP contribution is -2.00. The van der Waals surface area contributed by atoms with Gasteiger partial charge in [0.05, 0.1) is 35.7 Å². The molecule has 234 valence electrons. The summed E-state index contributed by atoms with van der Waals surface area (Å²) in [7, 11) is 0. The molecule has 7 aromatic carbocycles. The van der Waals surface area contributed by atoms with Gasteiger partial charge in [-0.1, -0.05) is 115 Å². The first-order chi connectivity index (χ1) is 32.3. The standard InChI is InChI=1S/C45H28N4O/c1-4-12-29(13-5-1)32-21-25-41-38(26-32)36-23-22-34(28-42(36)50-41)49-39-19-11-10-18-35(39)37-27-33(20-24-40(37)49)45-47-43(30-14-6-2-7-15-30)46-44(48-45)31-16-8-3-9-17-31/h1-28H/i1D,4D,5D,10D,11D,12D,13D,18D,19D,20D,21D,22D,23D,24D,25D,26D,27D,28D. The summed E-state index contributed by atoms with van der Waals surface area (Å²) in [5.74, 6) is 0.112. The average molecular weight is 659 g/mol. The van der Waals surface area contributed by atoms with E-state index in [2.05, 4.69) is 15.0 Å². The average Bonchev–Trinajstić information content (AvgIpc) is 3.92. The van der Waals surface area contributed by atoms with Gasteiger partial charge in [-0.2, -0.15) is 0 Å². The molecule has 0 spiro atoms. The van der Waals surface area contributed by atoms with Gasteiger partial charge in [-0.05, 0) is 59.5 Å². The summed E-state index contributed by atoms with van der Waals surface area (Å²) in [4.78, 5) is 14.0. The van der Waals surface area contributed by atoms with Crippen LogP contribution in [-0.4, -0.2) is 19.5 Å². The van der Waals surface area contributed by atoms with E-state index in [9.17, 15) is 9.60 Å². The number of para-hydroxylation sites is 1. The fourth-order valence-corrected chi connectivity index (χ4v) is 5.76. The molecule has 0 fully saturated rings. The molecule has 50 heavy (non-hydrogen) atoms. The first kappa shape index (κ1) is 15.6. The first-order valence-electron chi connectivity index (χ1n) is 24.2. The highest BCUT2D eigenvalue weighted by Gasteiger charge is 2.18. The van der Waals surface area contributed by atoms with Gasteiger partial charge in [0.1, 0.15) is 11.2 Å². The number of fused-ring (bicyclic) bond motifs is 6. The minimum absolute atomic E-state index is 0.161. The van der Waals surface area contributed by atoms with Crippen molar-refractivity contribution in [2.24, 2.45) is 0 Å². The smallest absolute Gasteiger partial charge is 0.164 e. The number of hydrogen-bond acceptors (Lipinski definition) is 4. The molecule has 0 radical (unpaired) electrons. The molecule has 5 nitrogen and oxygen atoms in total. The van der Waals surface area contributed by atoms with Crippen LogP contribution in [0, 0.1) is 0 Å². The predicted octanol–water partition coefficient (Wildman–Crippen LogP) is 11.5. The third-order valence-corrected chi connectivity index (χ3v) is 8.05. The molecule has 0 bridgehead atoms. The van der Waals surface area contributed by atoms with E-state index in [1.165, 1.54) is 0 Å². The second kappa shape index (κ2) is 11.4. The van der Waals surface area contributed by atoms with Crippen LogP contribution >= 0.6 is 0 Å². The Kier molecular flexibility index (Phi) is 3.55. The van der Waals surface area contributed by atoms with Gasteiger partial charge in [-0.15, -0.1) is 0 Å². The summed E-state index contributed by atoms with van der Waals surface area (Å²) < 4.78 is 168. The zero-order chi connectivity index (χ0) is 48.7. The Morgan fingerprint density at radius 3 is 1.78 bits per heavy atom. The molecule has 0 atom stereocenters. The summed E-state index contributed by atoms with van der Waals surface area (Å²) in [6, 6.07) is 4.55. The van der Waals surface area contributed by atoms with Crippen molar-refractivity contribution in [2.45, 2.75) is 0 Å². The van der Waals surface area contributed by atoms with Crippen LogP contribution in [0.3, 0.4) is 0 Å². The molecule has 0 aliphatic rings. The summed E-state index contributed by atoms with van der Waals surface area (Å²) >= 11 is 0. The largest absolute Gasteiger partial charge is 0.456 e. The summed E-state index contributed by atoms with van der Waals surface area (Å²) in [5, 5.41) is -1.42. The Morgan fingerprint density at radius 1 is 0.420 bits per heavy atom. The molecule has 0 unspecified atom stereocenters. The van der Waals surface area contributed by atoms with Gasteiger partial charge in [0.25, 0.3) is 0 Å². The van der Waals surface area contributed by atoms with E-state index in [4.69, 9.17) is 19.5 Å². The van der Waals surface area contributed by atoms with Crippen molar-refractivity contribution in [1.82, 2.24) is 19.5 Å². The van der Waals surface area contributed by atoms with Crippen LogP contribution in [0.2, 0.25) is 0 Å². The lowest BCUT2D eigenvalue weighted by Gasteiger charge is -2.10. The lowest BCUT2D eigenvalue weighted by molar-refractivity contribution is 0.668. The molecule has 10 rings (SSSR count). The Labute approximate surface area is 313 Å². The van der Waals surface area contributed by atoms with Crippen LogP contribution in [-0.2, 0) is 0 Å². The molecule has 0 aliphatic heterocycles. The van der Waals surface area contributed by atoms with Crippen molar-refractivity contribution in [3.05, 3.63) is 169 Å². The van der Waals surface area contributed by atoms with Gasteiger partial charge in [-0.25, -0.2) is 15.0 Å². The van der Waals surface area contributed by atoms with E-state index in [0.717, 1.165) is 4.57 Å². The van der Waals surface area contributed by atoms with Crippen molar-refractivity contribution < 1.29 is 29.1 Å². The summed E-state index contributed by atoms with van der Waals surface area (Å²) in [6.45, 7) is 0. The van der Waals surface area contributed by atoms with Crippen molar-refractivity contribution in [3.8, 4) is 51.0 Å². The fourth-order valence-electron chi connectivity index (χ4n) is 5.76. The Hall–Kier alpha value is -6.85. The highest BCUT2D eigenvalue weighted by molar-refractivity contribution is 6.11. The second-order valence-electron chi connectivity index (χ2n) is 11.1. The zero-order valence-electron chi connectivity index (χ0n) is 43.5. The predicted molar refractivity (Wildman–Crippen MR) is 203 cm³/mol. The number of aromatic nitrogens is 4. The normalized spacial score (nSPS) is 16.6. The summed E-state index contributed by atoms with van der Waals surface area (Å²) in [5.41, 5.74) is -2.81. The molecule has 10 aromatic rings. The first-order valence-corrected chi connectivity index (χ1v) is 15.2. The van der Waals surface area contributed by atoms with Crippen LogP contribution in [0.4, 0.5) is 0 Å². The third-order valence-electron chi connectivity index (χ3n) is 8.05. The van der Waals surface area contributed by atoms with Gasteiger partial charge in [0.2, 0.25) is 0 Å². The number of furan rings is 1. The minimum Gasteiger partial charge on any atom is -0.456 e. The third kappa shape index (κ3) is 4.67. The number of benzene rings is 7. The van der Waals surface area contributed by atoms with Gasteiger partial charge in [0.15, 0.2) is 17.5 Å². The Balaban J connectivity index is 1.33. The molecule has 0 saturated carbocycles. The number of hydrogen-bond donors (Lipinski definition) is 0. The maximum atomic E-state index is 9.76. The Bertz CT molecular complexity index is 3810. The lowest BCUT2D eigenvalue weighted by atomic mass is 10.0. The molecule has 5 heteroatoms. The van der Waals surface area contributed by atoms with Crippen LogP contribution in [0.5, 0.6) is 0 Å². The molecule has 0 amide bonds. The zero-order valence-corrected chi connectivity index (χ0v) is 25.5. The van der Waals surface area contributed by atoms with Gasteiger partial charge in [0, 0.05) is 50.0 Å². The number of rotatable bonds is 5. The van der Waals surface area contributed by atoms with E-state index < -0.39 is 153 Å². The maximum Gasteiger partial charge on any atom is 0.164 e. The van der Waals surface area contributed by atoms with E-state index in [0.29, 0.717) is 11.1 Å². The van der Waals surface area contributed by atoms with Crippen LogP contribution in [0.15, 0.2) is 174 Å². The van der Waals surface area contributed by atoms with Crippen molar-refractivity contribution in [2.75, 3.05) is 0 Å². The van der Waals surface area contributed by atoms with Gasteiger partial charge < -0.3 is 8.98 Å². The molecular weight excluding hydrogens is 613 g/mol. The van der Waals surface area contributed by atoms with E-state index in [1.807, 2.05) is 0 Å². The van der Waals surface area contributed by atoms with E-state index >= 15 is 0 Å². The van der Waals surface area contributed by atoms with E-state index in [-0.39, 0.29) is 39.2 Å². The molecule has 0 aliphatic carbocycles. The molecule has 0 N–H and O–H groups in total. The fraction of sp³-hybridized carbons (Fsp3) is 0. The van der Waals surface area contributed by atoms with Gasteiger partial charge in [-0.3, -0.25) is 0 Å². The van der Waals surface area contributed by atoms with Crippen molar-refractivity contribution in [1.29, 1.82) is 0 Å². The second-order valence-corrected chi connectivity index (χ2v) is 11.1. The summed E-state index contributed by atoms with van der Waals surface area (Å²) in [6.07, 6.45) is 0. The molecule has 3 heterocycles.